The summed E-state index contributed by atoms with van der Waals surface area (Å²) < 4.78 is 5.11. The average Bonchev–Trinajstić information content (AvgIpc) is 2.29. The zero-order valence-electron chi connectivity index (χ0n) is 6.69. The number of benzene rings is 1. The zero-order chi connectivity index (χ0) is 8.72. The van der Waals surface area contributed by atoms with Crippen LogP contribution in [0.2, 0.25) is 0 Å². The van der Waals surface area contributed by atoms with Gasteiger partial charge in [-0.2, -0.15) is 0 Å². The van der Waals surface area contributed by atoms with E-state index in [1.54, 1.807) is 12.1 Å². The van der Waals surface area contributed by atoms with Gasteiger partial charge in [-0.25, -0.2) is 0 Å². The van der Waals surface area contributed by atoms with Gasteiger partial charge in [0.2, 0.25) is 0 Å². The zero-order valence-corrected chi connectivity index (χ0v) is 6.69. The number of hydrogen-bond acceptors (Lipinski definition) is 3. The summed E-state index contributed by atoms with van der Waals surface area (Å²) in [6, 6.07) is 5.13. The Kier molecular flexibility index (Phi) is 1.56. The van der Waals surface area contributed by atoms with Crippen LogP contribution in [0.1, 0.15) is 30.4 Å². The standard InChI is InChI=1S/C9H10O3/c1-5-6-3-2-4-7(10)8(6)9(11)12-5/h2-5,9-11H,1H3. The molecular formula is C9H10O3. The van der Waals surface area contributed by atoms with Crippen molar-refractivity contribution >= 4 is 0 Å². The van der Waals surface area contributed by atoms with Gasteiger partial charge >= 0.3 is 0 Å². The topological polar surface area (TPSA) is 49.7 Å². The van der Waals surface area contributed by atoms with Crippen LogP contribution in [0.3, 0.4) is 0 Å². The van der Waals surface area contributed by atoms with Crippen molar-refractivity contribution in [3.63, 3.8) is 0 Å². The minimum atomic E-state index is -0.976. The highest BCUT2D eigenvalue weighted by atomic mass is 16.6. The molecular weight excluding hydrogens is 156 g/mol. The Balaban J connectivity index is 2.59. The summed E-state index contributed by atoms with van der Waals surface area (Å²) in [5.74, 6) is 0.101. The molecule has 3 nitrogen and oxygen atoms in total. The molecule has 0 aromatic heterocycles. The predicted octanol–water partition coefficient (Wildman–Crippen LogP) is 1.47. The van der Waals surface area contributed by atoms with Crippen LogP contribution in [-0.4, -0.2) is 10.2 Å². The largest absolute Gasteiger partial charge is 0.507 e. The van der Waals surface area contributed by atoms with Gasteiger partial charge in [-0.15, -0.1) is 0 Å². The molecule has 2 unspecified atom stereocenters. The molecule has 1 aliphatic rings. The van der Waals surface area contributed by atoms with Gasteiger partial charge in [-0.3, -0.25) is 0 Å². The highest BCUT2D eigenvalue weighted by molar-refractivity contribution is 5.43. The summed E-state index contributed by atoms with van der Waals surface area (Å²) in [6.45, 7) is 1.84. The van der Waals surface area contributed by atoms with Gasteiger partial charge in [0, 0.05) is 0 Å². The number of aliphatic hydroxyl groups excluding tert-OH is 1. The van der Waals surface area contributed by atoms with E-state index in [9.17, 15) is 10.2 Å². The first kappa shape index (κ1) is 7.58. The molecule has 2 atom stereocenters. The number of ether oxygens (including phenoxy) is 1. The van der Waals surface area contributed by atoms with E-state index in [0.717, 1.165) is 5.56 Å². The van der Waals surface area contributed by atoms with Crippen molar-refractivity contribution in [2.24, 2.45) is 0 Å². The van der Waals surface area contributed by atoms with Crippen LogP contribution < -0.4 is 0 Å². The summed E-state index contributed by atoms with van der Waals surface area (Å²) in [7, 11) is 0. The lowest BCUT2D eigenvalue weighted by atomic mass is 10.1. The summed E-state index contributed by atoms with van der Waals surface area (Å²) in [6.07, 6.45) is -1.11. The van der Waals surface area contributed by atoms with Crippen molar-refractivity contribution in [1.29, 1.82) is 0 Å². The van der Waals surface area contributed by atoms with E-state index in [-0.39, 0.29) is 11.9 Å². The molecule has 2 rings (SSSR count). The molecule has 1 aromatic rings. The maximum Gasteiger partial charge on any atom is 0.185 e. The number of aromatic hydroxyl groups is 1. The number of phenols is 1. The molecule has 0 saturated carbocycles. The van der Waals surface area contributed by atoms with Crippen molar-refractivity contribution in [2.45, 2.75) is 19.3 Å². The van der Waals surface area contributed by atoms with Crippen molar-refractivity contribution in [3.8, 4) is 5.75 Å². The van der Waals surface area contributed by atoms with E-state index in [0.29, 0.717) is 5.56 Å². The van der Waals surface area contributed by atoms with Crippen LogP contribution >= 0.6 is 0 Å². The fraction of sp³-hybridized carbons (Fsp3) is 0.333. The minimum Gasteiger partial charge on any atom is -0.507 e. The molecule has 1 heterocycles. The molecule has 1 aromatic carbocycles. The summed E-state index contributed by atoms with van der Waals surface area (Å²) in [4.78, 5) is 0. The van der Waals surface area contributed by atoms with E-state index < -0.39 is 6.29 Å². The van der Waals surface area contributed by atoms with Crippen LogP contribution in [0.15, 0.2) is 18.2 Å². The highest BCUT2D eigenvalue weighted by Crippen LogP contribution is 2.41. The SMILES string of the molecule is CC1OC(O)c2c(O)cccc21. The van der Waals surface area contributed by atoms with E-state index in [4.69, 9.17) is 4.74 Å². The number of fused-ring (bicyclic) bond motifs is 1. The third kappa shape index (κ3) is 0.906. The Morgan fingerprint density at radius 3 is 2.83 bits per heavy atom. The average molecular weight is 166 g/mol. The van der Waals surface area contributed by atoms with E-state index in [1.807, 2.05) is 13.0 Å². The van der Waals surface area contributed by atoms with Crippen molar-refractivity contribution < 1.29 is 14.9 Å². The molecule has 3 heteroatoms. The second kappa shape index (κ2) is 2.47. The van der Waals surface area contributed by atoms with Crippen LogP contribution in [0, 0.1) is 0 Å². The molecule has 1 aliphatic heterocycles. The Labute approximate surface area is 70.2 Å². The van der Waals surface area contributed by atoms with Gasteiger partial charge in [-0.1, -0.05) is 12.1 Å². The Bertz CT molecular complexity index is 309. The number of rotatable bonds is 0. The molecule has 0 bridgehead atoms. The first-order valence-electron chi connectivity index (χ1n) is 3.85. The van der Waals surface area contributed by atoms with Gasteiger partial charge < -0.3 is 14.9 Å². The van der Waals surface area contributed by atoms with Crippen LogP contribution in [-0.2, 0) is 4.74 Å². The van der Waals surface area contributed by atoms with E-state index in [1.165, 1.54) is 0 Å². The quantitative estimate of drug-likeness (QED) is 0.613. The van der Waals surface area contributed by atoms with Crippen LogP contribution in [0.25, 0.3) is 0 Å². The molecule has 0 fully saturated rings. The van der Waals surface area contributed by atoms with Crippen LogP contribution in [0.5, 0.6) is 5.75 Å². The van der Waals surface area contributed by atoms with Gasteiger partial charge in [0.05, 0.1) is 11.7 Å². The number of phenolic OH excluding ortho intramolecular Hbond substituents is 1. The van der Waals surface area contributed by atoms with E-state index in [2.05, 4.69) is 0 Å². The normalized spacial score (nSPS) is 27.2. The Hall–Kier alpha value is -1.06. The van der Waals surface area contributed by atoms with Gasteiger partial charge in [-0.05, 0) is 18.6 Å². The molecule has 0 amide bonds. The highest BCUT2D eigenvalue weighted by Gasteiger charge is 2.29. The third-order valence-corrected chi connectivity index (χ3v) is 2.13. The summed E-state index contributed by atoms with van der Waals surface area (Å²) in [5, 5.41) is 18.7. The summed E-state index contributed by atoms with van der Waals surface area (Å²) in [5.41, 5.74) is 1.37. The fourth-order valence-electron chi connectivity index (χ4n) is 1.53. The fourth-order valence-corrected chi connectivity index (χ4v) is 1.53. The first-order chi connectivity index (χ1) is 5.70. The van der Waals surface area contributed by atoms with Gasteiger partial charge in [0.25, 0.3) is 0 Å². The third-order valence-electron chi connectivity index (χ3n) is 2.13. The van der Waals surface area contributed by atoms with Crippen molar-refractivity contribution in [1.82, 2.24) is 0 Å². The van der Waals surface area contributed by atoms with Crippen LogP contribution in [0.4, 0.5) is 0 Å². The maximum absolute atomic E-state index is 9.38. The molecule has 0 saturated heterocycles. The van der Waals surface area contributed by atoms with Gasteiger partial charge in [0.1, 0.15) is 5.75 Å². The first-order valence-corrected chi connectivity index (χ1v) is 3.85. The molecule has 2 N–H and O–H groups in total. The number of aliphatic hydroxyl groups is 1. The lowest BCUT2D eigenvalue weighted by molar-refractivity contribution is -0.115. The Morgan fingerprint density at radius 2 is 2.17 bits per heavy atom. The monoisotopic (exact) mass is 166 g/mol. The summed E-state index contributed by atoms with van der Waals surface area (Å²) >= 11 is 0. The van der Waals surface area contributed by atoms with Crippen molar-refractivity contribution in [3.05, 3.63) is 29.3 Å². The molecule has 0 aliphatic carbocycles. The van der Waals surface area contributed by atoms with Gasteiger partial charge in [0.15, 0.2) is 6.29 Å². The minimum absolute atomic E-state index is 0.101. The van der Waals surface area contributed by atoms with Crippen molar-refractivity contribution in [2.75, 3.05) is 0 Å². The molecule has 0 radical (unpaired) electrons. The molecule has 12 heavy (non-hydrogen) atoms. The number of hydrogen-bond donors (Lipinski definition) is 2. The Morgan fingerprint density at radius 1 is 1.42 bits per heavy atom. The lowest BCUT2D eigenvalue weighted by Crippen LogP contribution is -1.93. The molecule has 64 valence electrons. The second-order valence-corrected chi connectivity index (χ2v) is 2.91. The smallest absolute Gasteiger partial charge is 0.185 e. The van der Waals surface area contributed by atoms with E-state index >= 15 is 0 Å². The predicted molar refractivity (Wildman–Crippen MR) is 42.6 cm³/mol. The lowest BCUT2D eigenvalue weighted by Gasteiger charge is -2.03. The second-order valence-electron chi connectivity index (χ2n) is 2.91. The molecule has 0 spiro atoms. The maximum atomic E-state index is 9.38.